The lowest BCUT2D eigenvalue weighted by atomic mass is 10.1. The maximum Gasteiger partial charge on any atom is 0.0231 e. The first-order chi connectivity index (χ1) is 8.92. The third-order valence-electron chi connectivity index (χ3n) is 2.97. The molecule has 0 spiro atoms. The molecule has 0 N–H and O–H groups in total. The van der Waals surface area contributed by atoms with Crippen LogP contribution >= 0.6 is 11.8 Å². The van der Waals surface area contributed by atoms with Gasteiger partial charge in [0.1, 0.15) is 0 Å². The molecule has 0 bridgehead atoms. The second-order valence-corrected chi connectivity index (χ2v) is 5.33. The van der Waals surface area contributed by atoms with Gasteiger partial charge in [0.2, 0.25) is 0 Å². The molecule has 3 aromatic rings. The fourth-order valence-electron chi connectivity index (χ4n) is 2.00. The predicted molar refractivity (Wildman–Crippen MR) is 80.0 cm³/mol. The van der Waals surface area contributed by atoms with Gasteiger partial charge in [0, 0.05) is 10.6 Å². The van der Waals surface area contributed by atoms with Gasteiger partial charge in [-0.1, -0.05) is 60.7 Å². The molecule has 0 fully saturated rings. The van der Waals surface area contributed by atoms with E-state index in [0.717, 1.165) is 5.75 Å². The van der Waals surface area contributed by atoms with Crippen LogP contribution in [0.3, 0.4) is 0 Å². The SMILES string of the molecule is c1ccc(CSc2ccc3ccccc3c2)cc1. The quantitative estimate of drug-likeness (QED) is 0.580. The van der Waals surface area contributed by atoms with E-state index in [9.17, 15) is 0 Å². The Bertz CT molecular complexity index is 644. The maximum atomic E-state index is 2.27. The summed E-state index contributed by atoms with van der Waals surface area (Å²) in [5.41, 5.74) is 1.37. The molecule has 0 aliphatic carbocycles. The van der Waals surface area contributed by atoms with E-state index in [4.69, 9.17) is 0 Å². The summed E-state index contributed by atoms with van der Waals surface area (Å²) in [5.74, 6) is 1.03. The zero-order valence-electron chi connectivity index (χ0n) is 10.0. The molecule has 0 nitrogen and oxygen atoms in total. The number of hydrogen-bond donors (Lipinski definition) is 0. The summed E-state index contributed by atoms with van der Waals surface area (Å²) >= 11 is 1.89. The van der Waals surface area contributed by atoms with Crippen molar-refractivity contribution in [1.82, 2.24) is 0 Å². The highest BCUT2D eigenvalue weighted by molar-refractivity contribution is 7.98. The van der Waals surface area contributed by atoms with E-state index in [-0.39, 0.29) is 0 Å². The monoisotopic (exact) mass is 250 g/mol. The van der Waals surface area contributed by atoms with Crippen LogP contribution in [0.1, 0.15) is 5.56 Å². The number of rotatable bonds is 3. The summed E-state index contributed by atoms with van der Waals surface area (Å²) in [6.45, 7) is 0. The van der Waals surface area contributed by atoms with Crippen molar-refractivity contribution in [2.45, 2.75) is 10.6 Å². The van der Waals surface area contributed by atoms with E-state index >= 15 is 0 Å². The van der Waals surface area contributed by atoms with E-state index in [0.29, 0.717) is 0 Å². The van der Waals surface area contributed by atoms with Crippen molar-refractivity contribution in [3.8, 4) is 0 Å². The average molecular weight is 250 g/mol. The minimum absolute atomic E-state index is 1.03. The lowest BCUT2D eigenvalue weighted by Crippen LogP contribution is -1.80. The average Bonchev–Trinajstić information content (AvgIpc) is 2.46. The van der Waals surface area contributed by atoms with Crippen LogP contribution in [-0.4, -0.2) is 0 Å². The number of thioether (sulfide) groups is 1. The third kappa shape index (κ3) is 2.57. The van der Waals surface area contributed by atoms with Crippen LogP contribution in [0.2, 0.25) is 0 Å². The Kier molecular flexibility index (Phi) is 3.33. The van der Waals surface area contributed by atoms with Crippen molar-refractivity contribution in [2.24, 2.45) is 0 Å². The zero-order valence-corrected chi connectivity index (χ0v) is 10.9. The van der Waals surface area contributed by atoms with Crippen molar-refractivity contribution < 1.29 is 0 Å². The highest BCUT2D eigenvalue weighted by Gasteiger charge is 1.98. The first kappa shape index (κ1) is 11.4. The van der Waals surface area contributed by atoms with Gasteiger partial charge >= 0.3 is 0 Å². The van der Waals surface area contributed by atoms with Crippen LogP contribution in [0, 0.1) is 0 Å². The Labute approximate surface area is 112 Å². The molecule has 0 unspecified atom stereocenters. The lowest BCUT2D eigenvalue weighted by Gasteiger charge is -2.04. The number of fused-ring (bicyclic) bond motifs is 1. The Hall–Kier alpha value is -1.73. The molecule has 0 aliphatic rings. The second-order valence-electron chi connectivity index (χ2n) is 4.28. The van der Waals surface area contributed by atoms with Crippen LogP contribution in [-0.2, 0) is 5.75 Å². The van der Waals surface area contributed by atoms with Gasteiger partial charge in [-0.25, -0.2) is 0 Å². The van der Waals surface area contributed by atoms with Gasteiger partial charge in [0.15, 0.2) is 0 Å². The topological polar surface area (TPSA) is 0 Å². The molecule has 0 amide bonds. The van der Waals surface area contributed by atoms with Crippen LogP contribution in [0.4, 0.5) is 0 Å². The van der Waals surface area contributed by atoms with E-state index in [1.54, 1.807) is 0 Å². The maximum absolute atomic E-state index is 2.27. The summed E-state index contributed by atoms with van der Waals surface area (Å²) in [7, 11) is 0. The van der Waals surface area contributed by atoms with Gasteiger partial charge in [0.25, 0.3) is 0 Å². The summed E-state index contributed by atoms with van der Waals surface area (Å²) in [6, 6.07) is 25.8. The molecule has 0 aliphatic heterocycles. The third-order valence-corrected chi connectivity index (χ3v) is 4.03. The Balaban J connectivity index is 1.79. The van der Waals surface area contributed by atoms with Crippen molar-refractivity contribution in [2.75, 3.05) is 0 Å². The summed E-state index contributed by atoms with van der Waals surface area (Å²) < 4.78 is 0. The van der Waals surface area contributed by atoms with E-state index < -0.39 is 0 Å². The zero-order chi connectivity index (χ0) is 12.2. The van der Waals surface area contributed by atoms with Crippen LogP contribution in [0.15, 0.2) is 77.7 Å². The molecule has 0 heterocycles. The Morgan fingerprint density at radius 2 is 1.39 bits per heavy atom. The summed E-state index contributed by atoms with van der Waals surface area (Å²) in [4.78, 5) is 1.33. The van der Waals surface area contributed by atoms with Crippen molar-refractivity contribution in [3.05, 3.63) is 78.4 Å². The molecule has 3 aromatic carbocycles. The van der Waals surface area contributed by atoms with Crippen molar-refractivity contribution in [1.29, 1.82) is 0 Å². The fourth-order valence-corrected chi connectivity index (χ4v) is 2.90. The molecule has 1 heteroatoms. The van der Waals surface area contributed by atoms with Crippen LogP contribution < -0.4 is 0 Å². The molecule has 18 heavy (non-hydrogen) atoms. The molecule has 0 aromatic heterocycles. The lowest BCUT2D eigenvalue weighted by molar-refractivity contribution is 1.39. The first-order valence-electron chi connectivity index (χ1n) is 6.07. The predicted octanol–water partition coefficient (Wildman–Crippen LogP) is 5.13. The molecular formula is C17H14S. The molecule has 0 atom stereocenters. The standard InChI is InChI=1S/C17H14S/c1-2-6-14(7-3-1)13-18-17-11-10-15-8-4-5-9-16(15)12-17/h1-12H,13H2. The van der Waals surface area contributed by atoms with Gasteiger partial charge in [-0.05, 0) is 28.5 Å². The minimum atomic E-state index is 1.03. The number of benzene rings is 3. The van der Waals surface area contributed by atoms with Gasteiger partial charge in [-0.2, -0.15) is 0 Å². The molecule has 0 saturated heterocycles. The van der Waals surface area contributed by atoms with Crippen LogP contribution in [0.25, 0.3) is 10.8 Å². The first-order valence-corrected chi connectivity index (χ1v) is 7.06. The van der Waals surface area contributed by atoms with Gasteiger partial charge in [-0.15, -0.1) is 11.8 Å². The summed E-state index contributed by atoms with van der Waals surface area (Å²) in [5, 5.41) is 2.62. The fraction of sp³-hybridized carbons (Fsp3) is 0.0588. The smallest absolute Gasteiger partial charge is 0.0231 e. The van der Waals surface area contributed by atoms with Gasteiger partial charge in [0.05, 0.1) is 0 Å². The number of hydrogen-bond acceptors (Lipinski definition) is 1. The van der Waals surface area contributed by atoms with E-state index in [1.165, 1.54) is 21.2 Å². The Morgan fingerprint density at radius 3 is 2.22 bits per heavy atom. The van der Waals surface area contributed by atoms with Gasteiger partial charge < -0.3 is 0 Å². The second kappa shape index (κ2) is 5.28. The van der Waals surface area contributed by atoms with Gasteiger partial charge in [-0.3, -0.25) is 0 Å². The van der Waals surface area contributed by atoms with Crippen molar-refractivity contribution >= 4 is 22.5 Å². The molecular weight excluding hydrogens is 236 g/mol. The molecule has 3 rings (SSSR count). The van der Waals surface area contributed by atoms with Crippen molar-refractivity contribution in [3.63, 3.8) is 0 Å². The van der Waals surface area contributed by atoms with Crippen LogP contribution in [0.5, 0.6) is 0 Å². The largest absolute Gasteiger partial charge is 0.121 e. The Morgan fingerprint density at radius 1 is 0.667 bits per heavy atom. The molecule has 88 valence electrons. The van der Waals surface area contributed by atoms with E-state index in [2.05, 4.69) is 72.8 Å². The normalized spacial score (nSPS) is 10.7. The van der Waals surface area contributed by atoms with E-state index in [1.807, 2.05) is 11.8 Å². The molecule has 0 radical (unpaired) electrons. The highest BCUT2D eigenvalue weighted by Crippen LogP contribution is 2.26. The highest BCUT2D eigenvalue weighted by atomic mass is 32.2. The minimum Gasteiger partial charge on any atom is -0.121 e. The summed E-state index contributed by atoms with van der Waals surface area (Å²) in [6.07, 6.45) is 0. The molecule has 0 saturated carbocycles.